The van der Waals surface area contributed by atoms with Crippen molar-refractivity contribution in [3.63, 3.8) is 0 Å². The van der Waals surface area contributed by atoms with Gasteiger partial charge in [0.15, 0.2) is 0 Å². The molecule has 0 bridgehead atoms. The molecule has 0 spiro atoms. The van der Waals surface area contributed by atoms with E-state index in [9.17, 15) is 14.3 Å². The van der Waals surface area contributed by atoms with Crippen molar-refractivity contribution in [2.45, 2.75) is 30.6 Å². The van der Waals surface area contributed by atoms with Crippen LogP contribution in [0.3, 0.4) is 0 Å². The number of halogens is 1. The van der Waals surface area contributed by atoms with E-state index in [2.05, 4.69) is 14.9 Å². The maximum Gasteiger partial charge on any atom is 0.410 e. The van der Waals surface area contributed by atoms with Gasteiger partial charge in [0.05, 0.1) is 6.04 Å². The summed E-state index contributed by atoms with van der Waals surface area (Å²) in [7, 11) is 0. The molecule has 176 valence electrons. The van der Waals surface area contributed by atoms with Gasteiger partial charge in [-0.3, -0.25) is 14.9 Å². The third-order valence-corrected chi connectivity index (χ3v) is 6.66. The van der Waals surface area contributed by atoms with Crippen LogP contribution in [-0.4, -0.2) is 63.3 Å². The molecule has 1 unspecified atom stereocenters. The molecule has 1 amide bonds. The molecule has 5 rings (SSSR count). The minimum Gasteiger partial charge on any atom is -0.443 e. The van der Waals surface area contributed by atoms with Gasteiger partial charge in [-0.05, 0) is 42.7 Å². The van der Waals surface area contributed by atoms with E-state index < -0.39 is 11.6 Å². The van der Waals surface area contributed by atoms with Gasteiger partial charge in [-0.2, -0.15) is 0 Å². The molecule has 1 N–H and O–H groups in total. The van der Waals surface area contributed by atoms with Crippen LogP contribution in [0, 0.1) is 5.82 Å². The minimum atomic E-state index is -1.52. The molecule has 8 heteroatoms. The molecule has 3 aromatic rings. The Morgan fingerprint density at radius 3 is 2.12 bits per heavy atom. The molecule has 2 aliphatic rings. The summed E-state index contributed by atoms with van der Waals surface area (Å²) < 4.78 is 19.5. The Morgan fingerprint density at radius 2 is 1.59 bits per heavy atom. The van der Waals surface area contributed by atoms with Crippen LogP contribution < -0.4 is 0 Å². The Balaban J connectivity index is 1.48. The van der Waals surface area contributed by atoms with Crippen LogP contribution >= 0.6 is 0 Å². The largest absolute Gasteiger partial charge is 0.443 e. The summed E-state index contributed by atoms with van der Waals surface area (Å²) in [5, 5.41) is 12.4. The summed E-state index contributed by atoms with van der Waals surface area (Å²) in [5.74, 6) is -0.352. The molecular formula is C26H27FN4O3. The maximum absolute atomic E-state index is 13.8. The van der Waals surface area contributed by atoms with Crippen LogP contribution in [0.25, 0.3) is 0 Å². The van der Waals surface area contributed by atoms with Crippen LogP contribution in [0.4, 0.5) is 9.18 Å². The second-order valence-electron chi connectivity index (χ2n) is 8.86. The van der Waals surface area contributed by atoms with Gasteiger partial charge in [0.1, 0.15) is 17.5 Å². The first-order valence-electron chi connectivity index (χ1n) is 11.5. The first-order valence-corrected chi connectivity index (χ1v) is 11.5. The molecule has 34 heavy (non-hydrogen) atoms. The van der Waals surface area contributed by atoms with Gasteiger partial charge in [-0.25, -0.2) is 9.18 Å². The molecule has 7 nitrogen and oxygen atoms in total. The second kappa shape index (κ2) is 9.48. The molecule has 0 radical (unpaired) electrons. The fourth-order valence-electron chi connectivity index (χ4n) is 4.89. The fraction of sp³-hybridized carbons (Fsp3) is 0.346. The Labute approximate surface area is 197 Å². The lowest BCUT2D eigenvalue weighted by atomic mass is 9.76. The Hall–Kier alpha value is -3.36. The lowest BCUT2D eigenvalue weighted by Crippen LogP contribution is -2.59. The standard InChI is InChI=1S/C26H27FN4O3/c27-22-9-7-19(8-10-22)24(31-17-23(18-31)34-25(32)30-13-1-2-14-30)26(33,20-5-3-11-28-15-20)21-6-4-12-29-16-21/h3-12,15-16,23-24,33H,1-2,13-14,17-18H2. The average molecular weight is 463 g/mol. The van der Waals surface area contributed by atoms with Crippen molar-refractivity contribution < 1.29 is 19.0 Å². The van der Waals surface area contributed by atoms with Crippen LogP contribution in [0.15, 0.2) is 73.3 Å². The number of benzene rings is 1. The van der Waals surface area contributed by atoms with E-state index in [1.807, 2.05) is 12.1 Å². The smallest absolute Gasteiger partial charge is 0.410 e. The predicted octanol–water partition coefficient (Wildman–Crippen LogP) is 3.51. The van der Waals surface area contributed by atoms with E-state index in [4.69, 9.17) is 4.74 Å². The zero-order chi connectivity index (χ0) is 23.5. The van der Waals surface area contributed by atoms with Gasteiger partial charge in [-0.15, -0.1) is 0 Å². The van der Waals surface area contributed by atoms with Crippen molar-refractivity contribution in [2.75, 3.05) is 26.2 Å². The van der Waals surface area contributed by atoms with Crippen LogP contribution in [0.1, 0.15) is 35.6 Å². The van der Waals surface area contributed by atoms with Crippen LogP contribution in [0.2, 0.25) is 0 Å². The van der Waals surface area contributed by atoms with Crippen molar-refractivity contribution >= 4 is 6.09 Å². The third-order valence-electron chi connectivity index (χ3n) is 6.66. The Bertz CT molecular complexity index is 1060. The summed E-state index contributed by atoms with van der Waals surface area (Å²) in [6, 6.07) is 12.7. The number of carbonyl (C=O) groups excluding carboxylic acids is 1. The topological polar surface area (TPSA) is 78.8 Å². The van der Waals surface area contributed by atoms with Crippen molar-refractivity contribution in [1.82, 2.24) is 19.8 Å². The molecule has 2 aromatic heterocycles. The minimum absolute atomic E-state index is 0.275. The van der Waals surface area contributed by atoms with Gasteiger partial charge in [0.2, 0.25) is 0 Å². The van der Waals surface area contributed by atoms with Gasteiger partial charge < -0.3 is 14.7 Å². The first-order chi connectivity index (χ1) is 16.6. The van der Waals surface area contributed by atoms with Gasteiger partial charge in [0, 0.05) is 62.1 Å². The highest BCUT2D eigenvalue weighted by Gasteiger charge is 2.49. The molecule has 0 saturated carbocycles. The number of hydrogen-bond acceptors (Lipinski definition) is 6. The number of aromatic nitrogens is 2. The molecule has 2 fully saturated rings. The Morgan fingerprint density at radius 1 is 1.00 bits per heavy atom. The highest BCUT2D eigenvalue weighted by Crippen LogP contribution is 2.46. The van der Waals surface area contributed by atoms with E-state index in [1.54, 1.807) is 54.0 Å². The van der Waals surface area contributed by atoms with E-state index in [-0.39, 0.29) is 18.0 Å². The lowest BCUT2D eigenvalue weighted by molar-refractivity contribution is -0.100. The summed E-state index contributed by atoms with van der Waals surface area (Å²) in [4.78, 5) is 24.7. The molecular weight excluding hydrogens is 435 g/mol. The molecule has 2 saturated heterocycles. The number of amides is 1. The number of hydrogen-bond donors (Lipinski definition) is 1. The quantitative estimate of drug-likeness (QED) is 0.604. The molecule has 4 heterocycles. The van der Waals surface area contributed by atoms with Crippen molar-refractivity contribution in [2.24, 2.45) is 0 Å². The van der Waals surface area contributed by atoms with Crippen molar-refractivity contribution in [3.05, 3.63) is 95.8 Å². The zero-order valence-corrected chi connectivity index (χ0v) is 18.8. The number of pyridine rings is 2. The highest BCUT2D eigenvalue weighted by molar-refractivity contribution is 5.68. The average Bonchev–Trinajstić information content (AvgIpc) is 3.40. The second-order valence-corrected chi connectivity index (χ2v) is 8.86. The monoisotopic (exact) mass is 462 g/mol. The van der Waals surface area contributed by atoms with E-state index >= 15 is 0 Å². The van der Waals surface area contributed by atoms with E-state index in [0.717, 1.165) is 31.5 Å². The van der Waals surface area contributed by atoms with Crippen molar-refractivity contribution in [3.8, 4) is 0 Å². The number of rotatable bonds is 6. The number of nitrogens with zero attached hydrogens (tertiary/aromatic N) is 4. The van der Waals surface area contributed by atoms with Gasteiger partial charge in [-0.1, -0.05) is 24.3 Å². The summed E-state index contributed by atoms with van der Waals surface area (Å²) in [6.45, 7) is 2.36. The number of ether oxygens (including phenoxy) is 1. The lowest BCUT2D eigenvalue weighted by Gasteiger charge is -2.50. The Kier molecular flexibility index (Phi) is 6.26. The predicted molar refractivity (Wildman–Crippen MR) is 123 cm³/mol. The van der Waals surface area contributed by atoms with E-state index in [0.29, 0.717) is 24.2 Å². The van der Waals surface area contributed by atoms with Crippen LogP contribution in [0.5, 0.6) is 0 Å². The van der Waals surface area contributed by atoms with E-state index in [1.165, 1.54) is 12.1 Å². The number of carbonyl (C=O) groups is 1. The molecule has 1 aromatic carbocycles. The highest BCUT2D eigenvalue weighted by atomic mass is 19.1. The van der Waals surface area contributed by atoms with Crippen molar-refractivity contribution in [1.29, 1.82) is 0 Å². The third kappa shape index (κ3) is 4.26. The number of aliphatic hydroxyl groups is 1. The number of likely N-dealkylation sites (tertiary alicyclic amines) is 2. The maximum atomic E-state index is 13.8. The zero-order valence-electron chi connectivity index (χ0n) is 18.8. The SMILES string of the molecule is O=C(OC1CN(C(c2ccc(F)cc2)C(O)(c2cccnc2)c2cccnc2)C1)N1CCCC1. The van der Waals surface area contributed by atoms with Gasteiger partial charge >= 0.3 is 6.09 Å². The van der Waals surface area contributed by atoms with Crippen LogP contribution in [-0.2, 0) is 10.3 Å². The van der Waals surface area contributed by atoms with Gasteiger partial charge in [0.25, 0.3) is 0 Å². The fourth-order valence-corrected chi connectivity index (χ4v) is 4.89. The molecule has 0 aliphatic carbocycles. The first kappa shape index (κ1) is 22.4. The summed E-state index contributed by atoms with van der Waals surface area (Å²) in [5.41, 5.74) is 0.398. The molecule has 2 aliphatic heterocycles. The summed E-state index contributed by atoms with van der Waals surface area (Å²) in [6.07, 6.45) is 8.01. The molecule has 1 atom stereocenters. The summed E-state index contributed by atoms with van der Waals surface area (Å²) >= 11 is 0. The normalized spacial score (nSPS) is 17.9.